The van der Waals surface area contributed by atoms with Gasteiger partial charge in [-0.3, -0.25) is 0 Å². The summed E-state index contributed by atoms with van der Waals surface area (Å²) >= 11 is 0. The third-order valence-electron chi connectivity index (χ3n) is 0.800. The van der Waals surface area contributed by atoms with Gasteiger partial charge >= 0.3 is 0 Å². The number of aromatic nitrogens is 2. The fourth-order valence-corrected chi connectivity index (χ4v) is 0.493. The average Bonchev–Trinajstić information content (AvgIpc) is 2.19. The molecule has 2 heteroatoms. The minimum Gasteiger partial charge on any atom is -0.345 e. The van der Waals surface area contributed by atoms with Crippen molar-refractivity contribution in [2.75, 3.05) is 0 Å². The largest absolute Gasteiger partial charge is 0.345 e. The van der Waals surface area contributed by atoms with Crippen LogP contribution < -0.4 is 0 Å². The number of rotatable bonds is 1. The summed E-state index contributed by atoms with van der Waals surface area (Å²) in [5.41, 5.74) is 0. The third kappa shape index (κ3) is 0.964. The van der Waals surface area contributed by atoms with E-state index < -0.39 is 0 Å². The molecule has 1 heterocycles. The van der Waals surface area contributed by atoms with Gasteiger partial charge in [-0.2, -0.15) is 0 Å². The van der Waals surface area contributed by atoms with Crippen molar-refractivity contribution in [1.82, 2.24) is 9.97 Å². The second kappa shape index (κ2) is 2.31. The molecule has 0 saturated carbocycles. The van der Waals surface area contributed by atoms with E-state index in [1.54, 1.807) is 18.5 Å². The highest BCUT2D eigenvalue weighted by Crippen LogP contribution is 1.88. The van der Waals surface area contributed by atoms with E-state index in [1.807, 2.05) is 6.92 Å². The molecule has 0 bridgehead atoms. The van der Waals surface area contributed by atoms with E-state index in [-0.39, 0.29) is 0 Å². The van der Waals surface area contributed by atoms with Crippen molar-refractivity contribution >= 4 is 6.08 Å². The maximum absolute atomic E-state index is 3.93. The molecule has 0 atom stereocenters. The van der Waals surface area contributed by atoms with Crippen LogP contribution in [-0.2, 0) is 0 Å². The maximum atomic E-state index is 3.93. The zero-order chi connectivity index (χ0) is 5.82. The topological polar surface area (TPSA) is 28.7 Å². The van der Waals surface area contributed by atoms with Crippen molar-refractivity contribution in [3.05, 3.63) is 24.3 Å². The Morgan fingerprint density at radius 3 is 3.25 bits per heavy atom. The quantitative estimate of drug-likeness (QED) is 0.574. The number of nitrogens with one attached hydrogen (secondary N) is 1. The Morgan fingerprint density at radius 1 is 1.88 bits per heavy atom. The standard InChI is InChI=1S/C6H7N2/c1-2-3-6-7-4-5-8-6/h3-5H,1H3,(H,7,8). The molecule has 8 heavy (non-hydrogen) atoms. The van der Waals surface area contributed by atoms with Crippen LogP contribution in [0.15, 0.2) is 12.4 Å². The normalized spacial score (nSPS) is 10.6. The summed E-state index contributed by atoms with van der Waals surface area (Å²) in [6.07, 6.45) is 8.14. The number of nitrogens with zero attached hydrogens (tertiary/aromatic N) is 1. The minimum absolute atomic E-state index is 0.854. The van der Waals surface area contributed by atoms with Crippen molar-refractivity contribution in [1.29, 1.82) is 0 Å². The Labute approximate surface area is 48.3 Å². The summed E-state index contributed by atoms with van der Waals surface area (Å²) in [6, 6.07) is 0. The fourth-order valence-electron chi connectivity index (χ4n) is 0.493. The molecule has 41 valence electrons. The van der Waals surface area contributed by atoms with E-state index in [0.717, 1.165) is 5.82 Å². The summed E-state index contributed by atoms with van der Waals surface area (Å²) < 4.78 is 0. The van der Waals surface area contributed by atoms with Crippen molar-refractivity contribution in [2.45, 2.75) is 6.92 Å². The van der Waals surface area contributed by atoms with Crippen molar-refractivity contribution in [3.8, 4) is 0 Å². The molecule has 0 spiro atoms. The molecule has 1 aromatic rings. The highest BCUT2D eigenvalue weighted by atomic mass is 14.9. The number of allylic oxidation sites excluding steroid dienone is 1. The highest BCUT2D eigenvalue weighted by molar-refractivity contribution is 5.35. The van der Waals surface area contributed by atoms with Crippen LogP contribution in [0.3, 0.4) is 0 Å². The van der Waals surface area contributed by atoms with Crippen LogP contribution in [0.5, 0.6) is 0 Å². The fraction of sp³-hybridized carbons (Fsp3) is 0.167. The van der Waals surface area contributed by atoms with E-state index in [9.17, 15) is 0 Å². The van der Waals surface area contributed by atoms with Crippen molar-refractivity contribution in [3.63, 3.8) is 0 Å². The van der Waals surface area contributed by atoms with Crippen LogP contribution in [-0.4, -0.2) is 9.97 Å². The number of H-pyrrole nitrogens is 1. The maximum Gasteiger partial charge on any atom is 0.130 e. The van der Waals surface area contributed by atoms with Gasteiger partial charge in [0.1, 0.15) is 5.82 Å². The zero-order valence-electron chi connectivity index (χ0n) is 4.68. The van der Waals surface area contributed by atoms with E-state index in [0.29, 0.717) is 0 Å². The molecule has 0 aliphatic rings. The van der Waals surface area contributed by atoms with Crippen molar-refractivity contribution < 1.29 is 0 Å². The molecule has 0 unspecified atom stereocenters. The Morgan fingerprint density at radius 2 is 2.75 bits per heavy atom. The lowest BCUT2D eigenvalue weighted by Gasteiger charge is -1.75. The molecule has 2 nitrogen and oxygen atoms in total. The van der Waals surface area contributed by atoms with Gasteiger partial charge in [-0.25, -0.2) is 4.98 Å². The summed E-state index contributed by atoms with van der Waals surface area (Å²) in [5, 5.41) is 0. The summed E-state index contributed by atoms with van der Waals surface area (Å²) in [6.45, 7) is 1.84. The van der Waals surface area contributed by atoms with Gasteiger partial charge < -0.3 is 4.98 Å². The monoisotopic (exact) mass is 107 g/mol. The Kier molecular flexibility index (Phi) is 1.47. The van der Waals surface area contributed by atoms with Gasteiger partial charge in [-0.05, 0) is 19.1 Å². The van der Waals surface area contributed by atoms with Gasteiger partial charge in [-0.1, -0.05) is 0 Å². The smallest absolute Gasteiger partial charge is 0.130 e. The van der Waals surface area contributed by atoms with Gasteiger partial charge in [0.05, 0.1) is 0 Å². The van der Waals surface area contributed by atoms with E-state index in [1.165, 1.54) is 0 Å². The van der Waals surface area contributed by atoms with Crippen LogP contribution in [0.4, 0.5) is 0 Å². The molecule has 0 aliphatic heterocycles. The minimum atomic E-state index is 0.854. The SMILES string of the molecule is C/[C]=C\c1ncc[nH]1. The average molecular weight is 107 g/mol. The van der Waals surface area contributed by atoms with Crippen LogP contribution in [0.1, 0.15) is 12.7 Å². The lowest BCUT2D eigenvalue weighted by atomic mass is 10.5. The zero-order valence-corrected chi connectivity index (χ0v) is 4.68. The molecular weight excluding hydrogens is 100 g/mol. The molecule has 0 aromatic carbocycles. The number of imidazole rings is 1. The number of hydrogen-bond acceptors (Lipinski definition) is 1. The number of hydrogen-bond donors (Lipinski definition) is 1. The molecule has 0 saturated heterocycles. The Hall–Kier alpha value is -1.05. The molecular formula is C6H7N2. The third-order valence-corrected chi connectivity index (χ3v) is 0.800. The van der Waals surface area contributed by atoms with E-state index in [2.05, 4.69) is 16.0 Å². The summed E-state index contributed by atoms with van der Waals surface area (Å²) in [7, 11) is 0. The van der Waals surface area contributed by atoms with Gasteiger partial charge in [-0.15, -0.1) is 0 Å². The van der Waals surface area contributed by atoms with Crippen molar-refractivity contribution in [2.24, 2.45) is 0 Å². The molecule has 1 rings (SSSR count). The van der Waals surface area contributed by atoms with Crippen LogP contribution in [0, 0.1) is 6.08 Å². The van der Waals surface area contributed by atoms with Gasteiger partial charge in [0.2, 0.25) is 0 Å². The molecule has 0 fully saturated rings. The first kappa shape index (κ1) is 5.09. The lowest BCUT2D eigenvalue weighted by Crippen LogP contribution is -1.69. The van der Waals surface area contributed by atoms with Crippen LogP contribution >= 0.6 is 0 Å². The Bertz CT molecular complexity index is 163. The molecule has 0 aliphatic carbocycles. The van der Waals surface area contributed by atoms with Crippen LogP contribution in [0.25, 0.3) is 6.08 Å². The van der Waals surface area contributed by atoms with Gasteiger partial charge in [0.15, 0.2) is 0 Å². The van der Waals surface area contributed by atoms with Crippen LogP contribution in [0.2, 0.25) is 0 Å². The van der Waals surface area contributed by atoms with Gasteiger partial charge in [0, 0.05) is 12.4 Å². The summed E-state index contributed by atoms with van der Waals surface area (Å²) in [4.78, 5) is 6.84. The first-order valence-electron chi connectivity index (χ1n) is 2.43. The highest BCUT2D eigenvalue weighted by Gasteiger charge is 1.80. The molecule has 1 N–H and O–H groups in total. The first-order valence-corrected chi connectivity index (χ1v) is 2.43. The number of aromatic amines is 1. The molecule has 1 aromatic heterocycles. The van der Waals surface area contributed by atoms with Gasteiger partial charge in [0.25, 0.3) is 0 Å². The predicted molar refractivity (Wildman–Crippen MR) is 32.0 cm³/mol. The second-order valence-corrected chi connectivity index (χ2v) is 1.41. The van der Waals surface area contributed by atoms with E-state index in [4.69, 9.17) is 0 Å². The molecule has 1 radical (unpaired) electrons. The predicted octanol–water partition coefficient (Wildman–Crippen LogP) is 1.25. The Balaban J connectivity index is 2.77. The molecule has 0 amide bonds. The second-order valence-electron chi connectivity index (χ2n) is 1.41. The first-order chi connectivity index (χ1) is 3.93. The van der Waals surface area contributed by atoms with E-state index >= 15 is 0 Å². The lowest BCUT2D eigenvalue weighted by molar-refractivity contribution is 1.26. The summed E-state index contributed by atoms with van der Waals surface area (Å²) in [5.74, 6) is 0.854.